The van der Waals surface area contributed by atoms with Crippen molar-refractivity contribution in [2.24, 2.45) is 11.7 Å². The van der Waals surface area contributed by atoms with Crippen LogP contribution in [0.15, 0.2) is 54.6 Å². The third-order valence-corrected chi connectivity index (χ3v) is 5.09. The number of nitrogens with two attached hydrogens (primary N) is 1. The monoisotopic (exact) mass is 408 g/mol. The first kappa shape index (κ1) is 21.2. The molecule has 2 aromatic rings. The summed E-state index contributed by atoms with van der Waals surface area (Å²) in [5.41, 5.74) is 7.63. The highest BCUT2D eigenvalue weighted by Crippen LogP contribution is 2.22. The van der Waals surface area contributed by atoms with Crippen LogP contribution in [0.3, 0.4) is 0 Å². The molecule has 30 heavy (non-hydrogen) atoms. The number of anilines is 1. The predicted molar refractivity (Wildman–Crippen MR) is 114 cm³/mol. The van der Waals surface area contributed by atoms with Gasteiger partial charge < -0.3 is 11.1 Å². The van der Waals surface area contributed by atoms with Gasteiger partial charge in [0, 0.05) is 37.0 Å². The first-order valence-corrected chi connectivity index (χ1v) is 9.75. The summed E-state index contributed by atoms with van der Waals surface area (Å²) in [6.07, 6.45) is 4.60. The Bertz CT molecular complexity index is 973. The molecule has 0 bridgehead atoms. The second kappa shape index (κ2) is 9.80. The first-order valence-electron chi connectivity index (χ1n) is 9.75. The van der Waals surface area contributed by atoms with Gasteiger partial charge in [0.15, 0.2) is 0 Å². The van der Waals surface area contributed by atoms with Gasteiger partial charge in [0.05, 0.1) is 10.8 Å². The largest absolute Gasteiger partial charge is 0.369 e. The highest BCUT2D eigenvalue weighted by Gasteiger charge is 2.24. The van der Waals surface area contributed by atoms with Gasteiger partial charge >= 0.3 is 0 Å². The van der Waals surface area contributed by atoms with Gasteiger partial charge in [0.25, 0.3) is 5.69 Å². The maximum atomic E-state index is 12.4. The number of hydrogen-bond acceptors (Lipinski definition) is 5. The highest BCUT2D eigenvalue weighted by molar-refractivity contribution is 6.02. The minimum atomic E-state index is -0.475. The number of non-ortho nitro benzene ring substituents is 1. The zero-order chi connectivity index (χ0) is 21.5. The molecule has 0 saturated carbocycles. The van der Waals surface area contributed by atoms with Gasteiger partial charge in [0.2, 0.25) is 11.8 Å². The van der Waals surface area contributed by atoms with E-state index in [9.17, 15) is 19.7 Å². The van der Waals surface area contributed by atoms with E-state index in [1.54, 1.807) is 12.1 Å². The van der Waals surface area contributed by atoms with Crippen LogP contribution in [0, 0.1) is 16.0 Å². The van der Waals surface area contributed by atoms with Crippen molar-refractivity contribution in [1.29, 1.82) is 0 Å². The van der Waals surface area contributed by atoms with Crippen molar-refractivity contribution < 1.29 is 14.5 Å². The fourth-order valence-electron chi connectivity index (χ4n) is 3.54. The average molecular weight is 408 g/mol. The maximum absolute atomic E-state index is 12.4. The lowest BCUT2D eigenvalue weighted by Crippen LogP contribution is -2.40. The smallest absolute Gasteiger partial charge is 0.270 e. The molecule has 1 fully saturated rings. The number of nitrogens with zero attached hydrogens (tertiary/aromatic N) is 2. The van der Waals surface area contributed by atoms with Crippen LogP contribution < -0.4 is 11.1 Å². The van der Waals surface area contributed by atoms with E-state index < -0.39 is 4.92 Å². The highest BCUT2D eigenvalue weighted by atomic mass is 16.6. The second-order valence-electron chi connectivity index (χ2n) is 7.31. The number of likely N-dealkylation sites (tertiary alicyclic amines) is 1. The topological polar surface area (TPSA) is 119 Å². The van der Waals surface area contributed by atoms with Gasteiger partial charge in [-0.15, -0.1) is 0 Å². The number of piperidine rings is 1. The first-order chi connectivity index (χ1) is 14.4. The minimum absolute atomic E-state index is 0.0290. The predicted octanol–water partition coefficient (Wildman–Crippen LogP) is 2.94. The van der Waals surface area contributed by atoms with E-state index >= 15 is 0 Å². The number of nitro groups is 1. The zero-order valence-electron chi connectivity index (χ0n) is 16.5. The summed E-state index contributed by atoms with van der Waals surface area (Å²) in [4.78, 5) is 36.4. The van der Waals surface area contributed by atoms with Gasteiger partial charge in [-0.05, 0) is 42.7 Å². The Morgan fingerprint density at radius 1 is 1.23 bits per heavy atom. The Morgan fingerprint density at radius 3 is 2.80 bits per heavy atom. The SMILES string of the molecule is NC(=O)C1CCCN(Cc2ccccc2NC(=O)/C=C/c2cccc([N+](=O)[O-])c2)C1. The van der Waals surface area contributed by atoms with Crippen molar-refractivity contribution in [3.05, 3.63) is 75.8 Å². The summed E-state index contributed by atoms with van der Waals surface area (Å²) >= 11 is 0. The average Bonchev–Trinajstić information content (AvgIpc) is 2.74. The summed E-state index contributed by atoms with van der Waals surface area (Å²) in [5, 5.41) is 13.7. The molecule has 3 N–H and O–H groups in total. The zero-order valence-corrected chi connectivity index (χ0v) is 16.5. The van der Waals surface area contributed by atoms with Crippen LogP contribution in [0.4, 0.5) is 11.4 Å². The summed E-state index contributed by atoms with van der Waals surface area (Å²) in [6.45, 7) is 2.10. The number of carbonyl (C=O) groups excluding carboxylic acids is 2. The van der Waals surface area contributed by atoms with Crippen LogP contribution in [-0.4, -0.2) is 34.7 Å². The second-order valence-corrected chi connectivity index (χ2v) is 7.31. The van der Waals surface area contributed by atoms with Crippen LogP contribution in [0.1, 0.15) is 24.0 Å². The fourth-order valence-corrected chi connectivity index (χ4v) is 3.54. The van der Waals surface area contributed by atoms with Crippen molar-refractivity contribution in [1.82, 2.24) is 4.90 Å². The van der Waals surface area contributed by atoms with Crippen LogP contribution in [-0.2, 0) is 16.1 Å². The molecule has 8 heteroatoms. The third-order valence-electron chi connectivity index (χ3n) is 5.09. The quantitative estimate of drug-likeness (QED) is 0.415. The van der Waals surface area contributed by atoms with Gasteiger partial charge in [-0.1, -0.05) is 30.3 Å². The molecule has 1 aliphatic heterocycles. The van der Waals surface area contributed by atoms with E-state index in [-0.39, 0.29) is 23.4 Å². The molecule has 156 valence electrons. The molecule has 2 aromatic carbocycles. The van der Waals surface area contributed by atoms with Crippen molar-refractivity contribution in [2.45, 2.75) is 19.4 Å². The van der Waals surface area contributed by atoms with Crippen LogP contribution in [0.5, 0.6) is 0 Å². The van der Waals surface area contributed by atoms with E-state index in [0.29, 0.717) is 24.3 Å². The lowest BCUT2D eigenvalue weighted by Gasteiger charge is -2.31. The summed E-state index contributed by atoms with van der Waals surface area (Å²) in [5.74, 6) is -0.742. The number of benzene rings is 2. The minimum Gasteiger partial charge on any atom is -0.369 e. The lowest BCUT2D eigenvalue weighted by molar-refractivity contribution is -0.384. The van der Waals surface area contributed by atoms with E-state index in [0.717, 1.165) is 24.9 Å². The fraction of sp³-hybridized carbons (Fsp3) is 0.273. The number of nitro benzene ring substituents is 1. The molecule has 3 rings (SSSR count). The molecule has 1 saturated heterocycles. The molecule has 0 spiro atoms. The number of rotatable bonds is 7. The summed E-state index contributed by atoms with van der Waals surface area (Å²) < 4.78 is 0. The van der Waals surface area contributed by atoms with Crippen molar-refractivity contribution in [2.75, 3.05) is 18.4 Å². The molecule has 2 amide bonds. The number of nitrogens with one attached hydrogen (secondary N) is 1. The normalized spacial score (nSPS) is 17.0. The lowest BCUT2D eigenvalue weighted by atomic mass is 9.97. The number of hydrogen-bond donors (Lipinski definition) is 2. The van der Waals surface area contributed by atoms with Gasteiger partial charge in [-0.2, -0.15) is 0 Å². The standard InChI is InChI=1S/C22H24N4O4/c23-22(28)18-7-4-12-25(15-18)14-17-6-1-2-9-20(17)24-21(27)11-10-16-5-3-8-19(13-16)26(29)30/h1-3,5-6,8-11,13,18H,4,7,12,14-15H2,(H2,23,28)(H,24,27)/b11-10+. The molecule has 8 nitrogen and oxygen atoms in total. The van der Waals surface area contributed by atoms with Gasteiger partial charge in [-0.3, -0.25) is 24.6 Å². The summed E-state index contributed by atoms with van der Waals surface area (Å²) in [6, 6.07) is 13.6. The summed E-state index contributed by atoms with van der Waals surface area (Å²) in [7, 11) is 0. The molecule has 0 aliphatic carbocycles. The van der Waals surface area contributed by atoms with Crippen LogP contribution in [0.2, 0.25) is 0 Å². The Kier molecular flexibility index (Phi) is 6.92. The van der Waals surface area contributed by atoms with E-state index in [1.807, 2.05) is 24.3 Å². The Balaban J connectivity index is 1.65. The van der Waals surface area contributed by atoms with Crippen LogP contribution in [0.25, 0.3) is 6.08 Å². The Morgan fingerprint density at radius 2 is 2.03 bits per heavy atom. The Labute approximate surface area is 174 Å². The molecular formula is C22H24N4O4. The van der Waals surface area contributed by atoms with Gasteiger partial charge in [0.1, 0.15) is 0 Å². The molecule has 0 radical (unpaired) electrons. The van der Waals surface area contributed by atoms with Crippen molar-refractivity contribution in [3.63, 3.8) is 0 Å². The van der Waals surface area contributed by atoms with E-state index in [1.165, 1.54) is 24.3 Å². The number of para-hydroxylation sites is 1. The molecule has 1 heterocycles. The molecule has 1 atom stereocenters. The number of primary amides is 1. The Hall–Kier alpha value is -3.52. The number of amides is 2. The van der Waals surface area contributed by atoms with Crippen LogP contribution >= 0.6 is 0 Å². The molecule has 1 unspecified atom stereocenters. The maximum Gasteiger partial charge on any atom is 0.270 e. The van der Waals surface area contributed by atoms with Gasteiger partial charge in [-0.25, -0.2) is 0 Å². The van der Waals surface area contributed by atoms with Crippen molar-refractivity contribution in [3.8, 4) is 0 Å². The van der Waals surface area contributed by atoms with E-state index in [4.69, 9.17) is 5.73 Å². The molecule has 1 aliphatic rings. The van der Waals surface area contributed by atoms with Crippen molar-refractivity contribution >= 4 is 29.3 Å². The molecular weight excluding hydrogens is 384 g/mol. The third kappa shape index (κ3) is 5.74. The van der Waals surface area contributed by atoms with E-state index in [2.05, 4.69) is 10.2 Å². The number of carbonyl (C=O) groups is 2. The molecule has 0 aromatic heterocycles.